The van der Waals surface area contributed by atoms with Gasteiger partial charge < -0.3 is 9.84 Å². The molecule has 0 spiro atoms. The second-order valence-electron chi connectivity index (χ2n) is 4.27. The zero-order valence-corrected chi connectivity index (χ0v) is 11.7. The van der Waals surface area contributed by atoms with Gasteiger partial charge in [-0.1, -0.05) is 29.8 Å². The largest absolute Gasteiger partial charge is 0.492 e. The number of pyridine rings is 1. The van der Waals surface area contributed by atoms with Crippen LogP contribution in [0.4, 0.5) is 0 Å². The summed E-state index contributed by atoms with van der Waals surface area (Å²) >= 11 is 6.23. The lowest BCUT2D eigenvalue weighted by atomic mass is 10.0. The van der Waals surface area contributed by atoms with Gasteiger partial charge in [0.1, 0.15) is 11.9 Å². The first-order chi connectivity index (χ1) is 9.13. The smallest absolute Gasteiger partial charge is 0.137 e. The molecule has 1 heterocycles. The minimum absolute atomic E-state index is 0.562. The molecule has 1 aromatic heterocycles. The maximum atomic E-state index is 10.4. The number of halogens is 1. The summed E-state index contributed by atoms with van der Waals surface area (Å²) in [5.41, 5.74) is 2.28. The Morgan fingerprint density at radius 3 is 2.89 bits per heavy atom. The van der Waals surface area contributed by atoms with E-state index in [0.717, 1.165) is 5.56 Å². The fraction of sp³-hybridized carbons (Fsp3) is 0.267. The number of aliphatic hydroxyl groups excluding tert-OH is 1. The molecular formula is C15H16ClNO2. The molecule has 0 aliphatic carbocycles. The summed E-state index contributed by atoms with van der Waals surface area (Å²) < 4.78 is 5.38. The van der Waals surface area contributed by atoms with Crippen LogP contribution in [0.15, 0.2) is 36.7 Å². The number of aromatic nitrogens is 1. The number of hydrogen-bond donors (Lipinski definition) is 1. The summed E-state index contributed by atoms with van der Waals surface area (Å²) in [5.74, 6) is 0.642. The minimum atomic E-state index is -0.805. The van der Waals surface area contributed by atoms with Gasteiger partial charge in [-0.3, -0.25) is 4.98 Å². The van der Waals surface area contributed by atoms with Crippen molar-refractivity contribution in [3.8, 4) is 5.75 Å². The average molecular weight is 278 g/mol. The molecule has 0 fully saturated rings. The van der Waals surface area contributed by atoms with Crippen molar-refractivity contribution in [2.24, 2.45) is 0 Å². The number of benzene rings is 1. The van der Waals surface area contributed by atoms with Gasteiger partial charge in [-0.15, -0.1) is 0 Å². The third kappa shape index (κ3) is 3.06. The molecule has 0 amide bonds. The van der Waals surface area contributed by atoms with Gasteiger partial charge in [0.25, 0.3) is 0 Å². The Kier molecular flexibility index (Phi) is 4.40. The van der Waals surface area contributed by atoms with E-state index in [-0.39, 0.29) is 0 Å². The molecule has 0 saturated carbocycles. The van der Waals surface area contributed by atoms with Gasteiger partial charge in [0.15, 0.2) is 0 Å². The number of aliphatic hydroxyl groups is 1. The van der Waals surface area contributed by atoms with Crippen LogP contribution in [0.3, 0.4) is 0 Å². The molecule has 4 heteroatoms. The SMILES string of the molecule is CCOc1cncc(C(O)c2cccc(C)c2Cl)c1. The molecule has 2 rings (SSSR count). The maximum Gasteiger partial charge on any atom is 0.137 e. The van der Waals surface area contributed by atoms with Gasteiger partial charge in [-0.05, 0) is 25.5 Å². The predicted octanol–water partition coefficient (Wildman–Crippen LogP) is 3.52. The summed E-state index contributed by atoms with van der Waals surface area (Å²) in [6.07, 6.45) is 2.43. The molecule has 0 aliphatic rings. The van der Waals surface area contributed by atoms with Crippen molar-refractivity contribution < 1.29 is 9.84 Å². The van der Waals surface area contributed by atoms with E-state index in [9.17, 15) is 5.11 Å². The molecule has 3 nitrogen and oxygen atoms in total. The Labute approximate surface area is 117 Å². The van der Waals surface area contributed by atoms with Crippen LogP contribution in [-0.2, 0) is 0 Å². The van der Waals surface area contributed by atoms with E-state index in [2.05, 4.69) is 4.98 Å². The zero-order valence-electron chi connectivity index (χ0n) is 10.9. The average Bonchev–Trinajstić information content (AvgIpc) is 2.42. The number of aryl methyl sites for hydroxylation is 1. The van der Waals surface area contributed by atoms with E-state index < -0.39 is 6.10 Å². The lowest BCUT2D eigenvalue weighted by Crippen LogP contribution is -2.03. The molecule has 100 valence electrons. The molecule has 1 aromatic carbocycles. The third-order valence-corrected chi connectivity index (χ3v) is 3.39. The summed E-state index contributed by atoms with van der Waals surface area (Å²) in [7, 11) is 0. The number of rotatable bonds is 4. The maximum absolute atomic E-state index is 10.4. The highest BCUT2D eigenvalue weighted by atomic mass is 35.5. The Balaban J connectivity index is 2.35. The first-order valence-electron chi connectivity index (χ1n) is 6.14. The van der Waals surface area contributed by atoms with Gasteiger partial charge in [0, 0.05) is 22.3 Å². The van der Waals surface area contributed by atoms with Crippen molar-refractivity contribution in [3.63, 3.8) is 0 Å². The van der Waals surface area contributed by atoms with E-state index in [4.69, 9.17) is 16.3 Å². The second-order valence-corrected chi connectivity index (χ2v) is 4.65. The predicted molar refractivity (Wildman–Crippen MR) is 75.7 cm³/mol. The van der Waals surface area contributed by atoms with E-state index in [1.165, 1.54) is 0 Å². The standard InChI is InChI=1S/C15H16ClNO2/c1-3-19-12-7-11(8-17-9-12)15(18)13-6-4-5-10(2)14(13)16/h4-9,15,18H,3H2,1-2H3. The molecule has 1 N–H and O–H groups in total. The fourth-order valence-corrected chi connectivity index (χ4v) is 2.12. The normalized spacial score (nSPS) is 12.2. The highest BCUT2D eigenvalue weighted by molar-refractivity contribution is 6.32. The fourth-order valence-electron chi connectivity index (χ4n) is 1.89. The summed E-state index contributed by atoms with van der Waals surface area (Å²) in [5, 5.41) is 11.0. The van der Waals surface area contributed by atoms with Crippen LogP contribution in [0.2, 0.25) is 5.02 Å². The van der Waals surface area contributed by atoms with E-state index in [1.54, 1.807) is 18.5 Å². The minimum Gasteiger partial charge on any atom is -0.492 e. The first-order valence-corrected chi connectivity index (χ1v) is 6.52. The van der Waals surface area contributed by atoms with Gasteiger partial charge in [-0.25, -0.2) is 0 Å². The van der Waals surface area contributed by atoms with E-state index in [1.807, 2.05) is 32.0 Å². The van der Waals surface area contributed by atoms with Crippen molar-refractivity contribution in [1.82, 2.24) is 4.98 Å². The van der Waals surface area contributed by atoms with Gasteiger partial charge in [0.05, 0.1) is 12.8 Å². The molecule has 1 atom stereocenters. The summed E-state index contributed by atoms with van der Waals surface area (Å²) in [6.45, 7) is 4.38. The van der Waals surface area contributed by atoms with Crippen LogP contribution in [0.1, 0.15) is 29.7 Å². The number of ether oxygens (including phenoxy) is 1. The lowest BCUT2D eigenvalue weighted by molar-refractivity contribution is 0.219. The van der Waals surface area contributed by atoms with Crippen LogP contribution in [0.25, 0.3) is 0 Å². The van der Waals surface area contributed by atoms with Crippen LogP contribution in [0, 0.1) is 6.92 Å². The van der Waals surface area contributed by atoms with Crippen LogP contribution in [-0.4, -0.2) is 16.7 Å². The summed E-state index contributed by atoms with van der Waals surface area (Å²) in [6, 6.07) is 7.38. The summed E-state index contributed by atoms with van der Waals surface area (Å²) in [4.78, 5) is 4.07. The molecule has 0 saturated heterocycles. The highest BCUT2D eigenvalue weighted by Gasteiger charge is 2.15. The lowest BCUT2D eigenvalue weighted by Gasteiger charge is -2.15. The molecular weight excluding hydrogens is 262 g/mol. The van der Waals surface area contributed by atoms with Gasteiger partial charge >= 0.3 is 0 Å². The Bertz CT molecular complexity index is 572. The quantitative estimate of drug-likeness (QED) is 0.930. The third-order valence-electron chi connectivity index (χ3n) is 2.88. The van der Waals surface area contributed by atoms with Crippen LogP contribution >= 0.6 is 11.6 Å². The molecule has 1 unspecified atom stereocenters. The van der Waals surface area contributed by atoms with Gasteiger partial charge in [-0.2, -0.15) is 0 Å². The van der Waals surface area contributed by atoms with E-state index in [0.29, 0.717) is 28.5 Å². The monoisotopic (exact) mass is 277 g/mol. The van der Waals surface area contributed by atoms with Crippen molar-refractivity contribution in [3.05, 3.63) is 58.4 Å². The first kappa shape index (κ1) is 13.8. The van der Waals surface area contributed by atoms with Crippen LogP contribution < -0.4 is 4.74 Å². The Morgan fingerprint density at radius 2 is 2.16 bits per heavy atom. The van der Waals surface area contributed by atoms with Crippen molar-refractivity contribution in [2.45, 2.75) is 20.0 Å². The van der Waals surface area contributed by atoms with Crippen molar-refractivity contribution >= 4 is 11.6 Å². The number of hydrogen-bond acceptors (Lipinski definition) is 3. The Morgan fingerprint density at radius 1 is 1.37 bits per heavy atom. The van der Waals surface area contributed by atoms with Crippen molar-refractivity contribution in [2.75, 3.05) is 6.61 Å². The van der Waals surface area contributed by atoms with Gasteiger partial charge in [0.2, 0.25) is 0 Å². The second kappa shape index (κ2) is 6.04. The zero-order chi connectivity index (χ0) is 13.8. The number of nitrogens with zero attached hydrogens (tertiary/aromatic N) is 1. The topological polar surface area (TPSA) is 42.4 Å². The van der Waals surface area contributed by atoms with Crippen molar-refractivity contribution in [1.29, 1.82) is 0 Å². The molecule has 0 aliphatic heterocycles. The molecule has 19 heavy (non-hydrogen) atoms. The molecule has 2 aromatic rings. The van der Waals surface area contributed by atoms with E-state index >= 15 is 0 Å². The Hall–Kier alpha value is -1.58. The van der Waals surface area contributed by atoms with Crippen LogP contribution in [0.5, 0.6) is 5.75 Å². The molecule has 0 radical (unpaired) electrons. The molecule has 0 bridgehead atoms. The highest BCUT2D eigenvalue weighted by Crippen LogP contribution is 2.31.